The van der Waals surface area contributed by atoms with E-state index in [0.717, 1.165) is 64.7 Å². The highest BCUT2D eigenvalue weighted by Crippen LogP contribution is 2.42. The minimum absolute atomic E-state index is 0.119. The molecule has 1 amide bonds. The van der Waals surface area contributed by atoms with Gasteiger partial charge in [-0.2, -0.15) is 0 Å². The van der Waals surface area contributed by atoms with Gasteiger partial charge >= 0.3 is 12.1 Å². The third-order valence-electron chi connectivity index (χ3n) is 9.86. The Morgan fingerprint density at radius 2 is 1.64 bits per heavy atom. The Labute approximate surface area is 230 Å². The van der Waals surface area contributed by atoms with Crippen LogP contribution in [0.2, 0.25) is 0 Å². The highest BCUT2D eigenvalue weighted by molar-refractivity contribution is 5.75. The number of benzene rings is 1. The number of rotatable bonds is 7. The van der Waals surface area contributed by atoms with Crippen LogP contribution in [0.15, 0.2) is 54.9 Å². The first-order valence-electron chi connectivity index (χ1n) is 14.7. The lowest BCUT2D eigenvalue weighted by Gasteiger charge is -2.46. The van der Waals surface area contributed by atoms with Gasteiger partial charge in [0.15, 0.2) is 0 Å². The maximum Gasteiger partial charge on any atom is 0.410 e. The monoisotopic (exact) mass is 532 g/mol. The maximum atomic E-state index is 13.2. The lowest BCUT2D eigenvalue weighted by atomic mass is 9.73. The first-order valence-corrected chi connectivity index (χ1v) is 14.7. The first kappa shape index (κ1) is 26.1. The Bertz CT molecular complexity index is 1130. The molecule has 2 aromatic rings. The Hall–Kier alpha value is -3.13. The molecule has 0 radical (unpaired) electrons. The topological polar surface area (TPSA) is 86.2 Å². The quantitative estimate of drug-likeness (QED) is 0.558. The Morgan fingerprint density at radius 3 is 2.33 bits per heavy atom. The fourth-order valence-electron chi connectivity index (χ4n) is 7.54. The molecule has 1 aliphatic carbocycles. The van der Waals surface area contributed by atoms with Crippen molar-refractivity contribution < 1.29 is 19.4 Å². The molecule has 39 heavy (non-hydrogen) atoms. The molecular weight excluding hydrogens is 492 g/mol. The molecule has 4 aliphatic rings. The second-order valence-electron chi connectivity index (χ2n) is 11.9. The van der Waals surface area contributed by atoms with Crippen molar-refractivity contribution in [3.8, 4) is 0 Å². The van der Waals surface area contributed by atoms with Crippen LogP contribution in [-0.4, -0.2) is 82.4 Å². The highest BCUT2D eigenvalue weighted by Gasteiger charge is 2.53. The molecule has 4 fully saturated rings. The zero-order valence-corrected chi connectivity index (χ0v) is 22.7. The Balaban J connectivity index is 1.08. The number of aromatic nitrogens is 1. The zero-order chi connectivity index (χ0) is 26.8. The van der Waals surface area contributed by atoms with Gasteiger partial charge in [-0.3, -0.25) is 19.6 Å². The molecule has 1 aromatic heterocycles. The van der Waals surface area contributed by atoms with Crippen LogP contribution in [0.3, 0.4) is 0 Å². The number of pyridine rings is 1. The molecule has 3 aliphatic heterocycles. The van der Waals surface area contributed by atoms with Crippen molar-refractivity contribution in [1.29, 1.82) is 0 Å². The zero-order valence-electron chi connectivity index (χ0n) is 22.7. The number of hydrogen-bond acceptors (Lipinski definition) is 6. The summed E-state index contributed by atoms with van der Waals surface area (Å²) < 4.78 is 6.12. The molecule has 0 bridgehead atoms. The smallest absolute Gasteiger partial charge is 0.410 e. The average molecular weight is 533 g/mol. The molecule has 4 heterocycles. The number of anilines is 1. The van der Waals surface area contributed by atoms with Crippen LogP contribution in [0.4, 0.5) is 10.5 Å². The van der Waals surface area contributed by atoms with Gasteiger partial charge in [0.2, 0.25) is 0 Å². The van der Waals surface area contributed by atoms with Crippen LogP contribution < -0.4 is 4.90 Å². The lowest BCUT2D eigenvalue weighted by Crippen LogP contribution is -2.57. The van der Waals surface area contributed by atoms with Crippen molar-refractivity contribution in [3.63, 3.8) is 0 Å². The standard InChI is InChI=1S/C31H40N4O4/c36-29(37)31(14-9-23-5-2-1-3-6-23)15-21-34(22-16-31)26-7-4-8-27-28(26)39-30(38)35(27)25-12-19-33(20-13-25)24-10-17-32-18-11-24/h1-3,5-6,10-11,17-18,25-28H,4,7-9,12-16,19-22H2,(H,36,37). The number of likely N-dealkylation sites (tertiary alicyclic amines) is 1. The van der Waals surface area contributed by atoms with Gasteiger partial charge in [-0.15, -0.1) is 0 Å². The summed E-state index contributed by atoms with van der Waals surface area (Å²) in [6.07, 6.45) is 11.1. The number of carboxylic acids is 1. The Morgan fingerprint density at radius 1 is 0.949 bits per heavy atom. The fraction of sp³-hybridized carbons (Fsp3) is 0.581. The van der Waals surface area contributed by atoms with Crippen LogP contribution >= 0.6 is 0 Å². The second kappa shape index (κ2) is 11.2. The maximum absolute atomic E-state index is 13.2. The van der Waals surface area contributed by atoms with E-state index < -0.39 is 11.4 Å². The number of piperidine rings is 2. The normalized spacial score (nSPS) is 27.7. The molecule has 8 heteroatoms. The lowest BCUT2D eigenvalue weighted by molar-refractivity contribution is -0.153. The Kier molecular flexibility index (Phi) is 7.47. The number of amides is 1. The van der Waals surface area contributed by atoms with Gasteiger partial charge in [0.25, 0.3) is 0 Å². The van der Waals surface area contributed by atoms with Crippen LogP contribution in [0, 0.1) is 5.41 Å². The highest BCUT2D eigenvalue weighted by atomic mass is 16.6. The van der Waals surface area contributed by atoms with Crippen LogP contribution in [0.5, 0.6) is 0 Å². The summed E-state index contributed by atoms with van der Waals surface area (Å²) in [4.78, 5) is 36.7. The van der Waals surface area contributed by atoms with E-state index in [0.29, 0.717) is 19.3 Å². The van der Waals surface area contributed by atoms with Gasteiger partial charge in [-0.25, -0.2) is 4.79 Å². The predicted molar refractivity (Wildman–Crippen MR) is 149 cm³/mol. The summed E-state index contributed by atoms with van der Waals surface area (Å²) in [5.74, 6) is -0.670. The molecule has 8 nitrogen and oxygen atoms in total. The van der Waals surface area contributed by atoms with Gasteiger partial charge in [-0.1, -0.05) is 30.3 Å². The molecular formula is C31H40N4O4. The van der Waals surface area contributed by atoms with Crippen molar-refractivity contribution in [2.24, 2.45) is 5.41 Å². The minimum Gasteiger partial charge on any atom is -0.481 e. The molecule has 3 atom stereocenters. The molecule has 3 saturated heterocycles. The van der Waals surface area contributed by atoms with Gasteiger partial charge in [0.1, 0.15) is 6.10 Å². The van der Waals surface area contributed by atoms with Crippen LogP contribution in [-0.2, 0) is 16.0 Å². The van der Waals surface area contributed by atoms with E-state index in [2.05, 4.69) is 31.8 Å². The summed E-state index contributed by atoms with van der Waals surface area (Å²) >= 11 is 0. The van der Waals surface area contributed by atoms with Gasteiger partial charge in [0, 0.05) is 43.3 Å². The van der Waals surface area contributed by atoms with E-state index in [1.54, 1.807) is 0 Å². The number of fused-ring (bicyclic) bond motifs is 1. The number of ether oxygens (including phenoxy) is 1. The van der Waals surface area contributed by atoms with E-state index >= 15 is 0 Å². The summed E-state index contributed by atoms with van der Waals surface area (Å²) in [6.45, 7) is 3.34. The first-order chi connectivity index (χ1) is 19.0. The second-order valence-corrected chi connectivity index (χ2v) is 11.9. The van der Waals surface area contributed by atoms with Gasteiger partial charge < -0.3 is 14.7 Å². The third-order valence-corrected chi connectivity index (χ3v) is 9.86. The number of aryl methyl sites for hydroxylation is 1. The number of aliphatic carboxylic acids is 1. The van der Waals surface area contributed by atoms with E-state index in [9.17, 15) is 14.7 Å². The number of carbonyl (C=O) groups is 2. The van der Waals surface area contributed by atoms with Crippen molar-refractivity contribution in [2.45, 2.75) is 82.0 Å². The van der Waals surface area contributed by atoms with Crippen LogP contribution in [0.25, 0.3) is 0 Å². The molecule has 1 N–H and O–H groups in total. The molecule has 208 valence electrons. The van der Waals surface area contributed by atoms with Gasteiger partial charge in [0.05, 0.1) is 11.5 Å². The van der Waals surface area contributed by atoms with E-state index in [1.165, 1.54) is 11.3 Å². The molecule has 1 aromatic carbocycles. The van der Waals surface area contributed by atoms with E-state index in [-0.39, 0.29) is 30.3 Å². The fourth-order valence-corrected chi connectivity index (χ4v) is 7.54. The van der Waals surface area contributed by atoms with Crippen molar-refractivity contribution in [3.05, 3.63) is 60.4 Å². The number of hydrogen-bond donors (Lipinski definition) is 1. The SMILES string of the molecule is O=C1OC2C(N3CCC(CCc4ccccc4)(C(=O)O)CC3)CCCC2N1C1CCN(c2ccncc2)CC1. The summed E-state index contributed by atoms with van der Waals surface area (Å²) in [5.41, 5.74) is 1.70. The molecule has 6 rings (SSSR count). The largest absolute Gasteiger partial charge is 0.481 e. The molecule has 0 spiro atoms. The van der Waals surface area contributed by atoms with Gasteiger partial charge in [-0.05, 0) is 88.6 Å². The number of carboxylic acid groups (broad SMARTS) is 1. The number of carbonyl (C=O) groups excluding carboxylic acids is 1. The van der Waals surface area contributed by atoms with E-state index in [1.807, 2.05) is 42.7 Å². The van der Waals surface area contributed by atoms with Crippen molar-refractivity contribution in [2.75, 3.05) is 31.1 Å². The van der Waals surface area contributed by atoms with E-state index in [4.69, 9.17) is 4.74 Å². The molecule has 3 unspecified atom stereocenters. The predicted octanol–water partition coefficient (Wildman–Crippen LogP) is 4.59. The average Bonchev–Trinajstić information content (AvgIpc) is 3.33. The summed E-state index contributed by atoms with van der Waals surface area (Å²) in [7, 11) is 0. The van der Waals surface area contributed by atoms with Crippen molar-refractivity contribution in [1.82, 2.24) is 14.8 Å². The van der Waals surface area contributed by atoms with Crippen molar-refractivity contribution >= 4 is 17.7 Å². The summed E-state index contributed by atoms with van der Waals surface area (Å²) in [5, 5.41) is 10.2. The number of nitrogens with zero attached hydrogens (tertiary/aromatic N) is 4. The minimum atomic E-state index is -0.679. The summed E-state index contributed by atoms with van der Waals surface area (Å²) in [6, 6.07) is 14.8. The molecule has 1 saturated carbocycles. The van der Waals surface area contributed by atoms with Crippen LogP contribution in [0.1, 0.15) is 56.9 Å². The third kappa shape index (κ3) is 5.23.